The molecule has 0 aliphatic carbocycles. The Balaban J connectivity index is 1.44. The minimum Gasteiger partial charge on any atom is -0.492 e. The van der Waals surface area contributed by atoms with Crippen molar-refractivity contribution in [3.05, 3.63) is 48.0 Å². The Morgan fingerprint density at radius 2 is 1.97 bits per heavy atom. The zero-order chi connectivity index (χ0) is 20.1. The first kappa shape index (κ1) is 19.6. The van der Waals surface area contributed by atoms with Gasteiger partial charge in [-0.15, -0.1) is 0 Å². The number of nitrogens with one attached hydrogen (secondary N) is 1. The number of anilines is 1. The molecule has 2 aromatic carbocycles. The molecule has 0 saturated carbocycles. The molecule has 1 saturated heterocycles. The number of likely N-dealkylation sites (tertiary alicyclic amines) is 1. The fourth-order valence-electron chi connectivity index (χ4n) is 4.01. The molecule has 6 heteroatoms. The highest BCUT2D eigenvalue weighted by Crippen LogP contribution is 2.37. The topological polar surface area (TPSA) is 60.0 Å². The van der Waals surface area contributed by atoms with Crippen LogP contribution in [0.25, 0.3) is 0 Å². The van der Waals surface area contributed by atoms with E-state index < -0.39 is 0 Å². The van der Waals surface area contributed by atoms with Gasteiger partial charge in [0.25, 0.3) is 0 Å². The van der Waals surface area contributed by atoms with Gasteiger partial charge in [-0.2, -0.15) is 0 Å². The van der Waals surface area contributed by atoms with E-state index in [1.54, 1.807) is 0 Å². The lowest BCUT2D eigenvalue weighted by Gasteiger charge is -2.25. The molecular formula is C23H28N2O4. The average molecular weight is 396 g/mol. The molecule has 2 aliphatic rings. The molecule has 0 radical (unpaired) electrons. The van der Waals surface area contributed by atoms with Gasteiger partial charge in [-0.1, -0.05) is 18.2 Å². The number of fused-ring (bicyclic) bond motifs is 1. The van der Waals surface area contributed by atoms with Crippen LogP contribution in [0.15, 0.2) is 42.5 Å². The molecule has 1 amide bonds. The Bertz CT molecular complexity index is 855. The normalized spacial score (nSPS) is 18.9. The van der Waals surface area contributed by atoms with Gasteiger partial charge in [-0.25, -0.2) is 0 Å². The van der Waals surface area contributed by atoms with E-state index in [0.717, 1.165) is 37.3 Å². The monoisotopic (exact) mass is 396 g/mol. The molecule has 29 heavy (non-hydrogen) atoms. The predicted molar refractivity (Wildman–Crippen MR) is 112 cm³/mol. The van der Waals surface area contributed by atoms with Crippen molar-refractivity contribution in [3.63, 3.8) is 0 Å². The molecule has 2 aromatic rings. The zero-order valence-corrected chi connectivity index (χ0v) is 16.9. The maximum Gasteiger partial charge on any atom is 0.238 e. The first-order valence-corrected chi connectivity index (χ1v) is 10.4. The molecule has 0 spiro atoms. The SMILES string of the molecule is CCOc1ccccc1NC(=O)CN1CCC[C@@H]1c1ccc2c(c1)OCCCO2. The van der Waals surface area contributed by atoms with E-state index in [1.807, 2.05) is 37.3 Å². The van der Waals surface area contributed by atoms with Gasteiger partial charge in [-0.3, -0.25) is 9.69 Å². The summed E-state index contributed by atoms with van der Waals surface area (Å²) in [5.74, 6) is 2.28. The molecule has 2 heterocycles. The fraction of sp³-hybridized carbons (Fsp3) is 0.435. The van der Waals surface area contributed by atoms with Crippen molar-refractivity contribution in [2.45, 2.75) is 32.2 Å². The molecule has 0 unspecified atom stereocenters. The summed E-state index contributed by atoms with van der Waals surface area (Å²) in [4.78, 5) is 15.0. The number of para-hydroxylation sites is 2. The van der Waals surface area contributed by atoms with Crippen LogP contribution in [0.3, 0.4) is 0 Å². The highest BCUT2D eigenvalue weighted by molar-refractivity contribution is 5.93. The summed E-state index contributed by atoms with van der Waals surface area (Å²) in [7, 11) is 0. The van der Waals surface area contributed by atoms with Crippen LogP contribution in [0.4, 0.5) is 5.69 Å². The second kappa shape index (κ2) is 9.18. The van der Waals surface area contributed by atoms with Crippen molar-refractivity contribution in [2.24, 2.45) is 0 Å². The molecular weight excluding hydrogens is 368 g/mol. The molecule has 0 aromatic heterocycles. The van der Waals surface area contributed by atoms with Gasteiger partial charge in [0.05, 0.1) is 32.1 Å². The molecule has 154 valence electrons. The summed E-state index contributed by atoms with van der Waals surface area (Å²) in [5, 5.41) is 3.00. The summed E-state index contributed by atoms with van der Waals surface area (Å²) in [6, 6.07) is 13.9. The minimum absolute atomic E-state index is 0.0293. The third kappa shape index (κ3) is 4.65. The number of nitrogens with zero attached hydrogens (tertiary/aromatic N) is 1. The first-order valence-electron chi connectivity index (χ1n) is 10.4. The van der Waals surface area contributed by atoms with Gasteiger partial charge < -0.3 is 19.5 Å². The summed E-state index contributed by atoms with van der Waals surface area (Å²) in [6.45, 7) is 5.10. The Kier molecular flexibility index (Phi) is 6.20. The van der Waals surface area contributed by atoms with Crippen molar-refractivity contribution in [1.29, 1.82) is 0 Å². The first-order chi connectivity index (χ1) is 14.2. The molecule has 1 N–H and O–H groups in total. The van der Waals surface area contributed by atoms with Crippen LogP contribution in [0.5, 0.6) is 17.2 Å². The van der Waals surface area contributed by atoms with Gasteiger partial charge >= 0.3 is 0 Å². The van der Waals surface area contributed by atoms with Crippen molar-refractivity contribution in [1.82, 2.24) is 4.90 Å². The lowest BCUT2D eigenvalue weighted by atomic mass is 10.0. The molecule has 1 fully saturated rings. The van der Waals surface area contributed by atoms with E-state index in [9.17, 15) is 4.79 Å². The number of rotatable bonds is 6. The van der Waals surface area contributed by atoms with Gasteiger partial charge in [0.2, 0.25) is 5.91 Å². The fourth-order valence-corrected chi connectivity index (χ4v) is 4.01. The van der Waals surface area contributed by atoms with Crippen molar-refractivity contribution in [2.75, 3.05) is 38.2 Å². The number of ether oxygens (including phenoxy) is 3. The second-order valence-electron chi connectivity index (χ2n) is 7.36. The van der Waals surface area contributed by atoms with E-state index in [-0.39, 0.29) is 11.9 Å². The second-order valence-corrected chi connectivity index (χ2v) is 7.36. The van der Waals surface area contributed by atoms with Gasteiger partial charge in [0, 0.05) is 12.5 Å². The maximum atomic E-state index is 12.7. The highest BCUT2D eigenvalue weighted by atomic mass is 16.5. The van der Waals surface area contributed by atoms with Crippen molar-refractivity contribution < 1.29 is 19.0 Å². The minimum atomic E-state index is -0.0293. The van der Waals surface area contributed by atoms with Crippen LogP contribution < -0.4 is 19.5 Å². The Hall–Kier alpha value is -2.73. The van der Waals surface area contributed by atoms with Gasteiger partial charge in [0.15, 0.2) is 11.5 Å². The zero-order valence-electron chi connectivity index (χ0n) is 16.9. The average Bonchev–Trinajstić information content (AvgIpc) is 3.04. The van der Waals surface area contributed by atoms with Crippen molar-refractivity contribution >= 4 is 11.6 Å². The maximum absolute atomic E-state index is 12.7. The number of benzene rings is 2. The van der Waals surface area contributed by atoms with Crippen LogP contribution in [-0.2, 0) is 4.79 Å². The number of hydrogen-bond donors (Lipinski definition) is 1. The van der Waals surface area contributed by atoms with Crippen LogP contribution >= 0.6 is 0 Å². The Morgan fingerprint density at radius 3 is 2.83 bits per heavy atom. The number of hydrogen-bond acceptors (Lipinski definition) is 5. The number of carbonyl (C=O) groups is 1. The third-order valence-electron chi connectivity index (χ3n) is 5.33. The third-order valence-corrected chi connectivity index (χ3v) is 5.33. The lowest BCUT2D eigenvalue weighted by Crippen LogP contribution is -2.33. The molecule has 6 nitrogen and oxygen atoms in total. The van der Waals surface area contributed by atoms with E-state index in [4.69, 9.17) is 14.2 Å². The standard InChI is InChI=1S/C23H28N2O4/c1-2-27-20-9-4-3-7-18(20)24-23(26)16-25-12-5-8-19(25)17-10-11-21-22(15-17)29-14-6-13-28-21/h3-4,7,9-11,15,19H,2,5-6,8,12-14,16H2,1H3,(H,24,26)/t19-/m1/s1. The Morgan fingerprint density at radius 1 is 1.14 bits per heavy atom. The smallest absolute Gasteiger partial charge is 0.238 e. The lowest BCUT2D eigenvalue weighted by molar-refractivity contribution is -0.117. The van der Waals surface area contributed by atoms with E-state index >= 15 is 0 Å². The molecule has 4 rings (SSSR count). The Labute approximate surface area is 171 Å². The highest BCUT2D eigenvalue weighted by Gasteiger charge is 2.28. The summed E-state index contributed by atoms with van der Waals surface area (Å²) < 4.78 is 17.2. The quantitative estimate of drug-likeness (QED) is 0.799. The van der Waals surface area contributed by atoms with E-state index in [0.29, 0.717) is 37.8 Å². The van der Waals surface area contributed by atoms with E-state index in [1.165, 1.54) is 5.56 Å². The molecule has 0 bridgehead atoms. The van der Waals surface area contributed by atoms with Crippen LogP contribution in [0.2, 0.25) is 0 Å². The van der Waals surface area contributed by atoms with Gasteiger partial charge in [-0.05, 0) is 56.1 Å². The van der Waals surface area contributed by atoms with Crippen LogP contribution in [0, 0.1) is 0 Å². The molecule has 2 aliphatic heterocycles. The molecule has 1 atom stereocenters. The number of carbonyl (C=O) groups excluding carboxylic acids is 1. The van der Waals surface area contributed by atoms with Crippen molar-refractivity contribution in [3.8, 4) is 17.2 Å². The van der Waals surface area contributed by atoms with Crippen LogP contribution in [0.1, 0.15) is 37.8 Å². The van der Waals surface area contributed by atoms with Gasteiger partial charge in [0.1, 0.15) is 5.75 Å². The predicted octanol–water partition coefficient (Wildman–Crippen LogP) is 4.02. The summed E-state index contributed by atoms with van der Waals surface area (Å²) in [5.41, 5.74) is 1.89. The summed E-state index contributed by atoms with van der Waals surface area (Å²) in [6.07, 6.45) is 2.99. The van der Waals surface area contributed by atoms with Crippen LogP contribution in [-0.4, -0.2) is 43.7 Å². The largest absolute Gasteiger partial charge is 0.492 e. The number of amides is 1. The van der Waals surface area contributed by atoms with E-state index in [2.05, 4.69) is 22.3 Å². The summed E-state index contributed by atoms with van der Waals surface area (Å²) >= 11 is 0.